The first kappa shape index (κ1) is 21.0. The van der Waals surface area contributed by atoms with Crippen LogP contribution in [0.5, 0.6) is 5.75 Å². The van der Waals surface area contributed by atoms with Crippen LogP contribution in [-0.4, -0.2) is 67.3 Å². The number of nitriles is 1. The molecule has 0 aliphatic carbocycles. The van der Waals surface area contributed by atoms with Gasteiger partial charge in [0.05, 0.1) is 18.8 Å². The maximum atomic E-state index is 15.9. The zero-order valence-electron chi connectivity index (χ0n) is 17.8. The molecule has 0 bridgehead atoms. The molecule has 3 aromatic rings. The molecule has 5 rings (SSSR count). The van der Waals surface area contributed by atoms with E-state index in [1.807, 2.05) is 6.07 Å². The molecule has 1 saturated heterocycles. The Hall–Kier alpha value is -3.88. The Balaban J connectivity index is 1.36. The van der Waals surface area contributed by atoms with Gasteiger partial charge < -0.3 is 14.5 Å². The molecular formula is C21H20F2N8O2. The largest absolute Gasteiger partial charge is 0.490 e. The van der Waals surface area contributed by atoms with E-state index in [4.69, 9.17) is 4.74 Å². The number of pyridine rings is 1. The highest BCUT2D eigenvalue weighted by atomic mass is 19.1. The number of ether oxygens (including phenoxy) is 1. The van der Waals surface area contributed by atoms with Gasteiger partial charge in [0.15, 0.2) is 17.1 Å². The third kappa shape index (κ3) is 3.40. The van der Waals surface area contributed by atoms with Crippen LogP contribution in [0.25, 0.3) is 5.65 Å². The first-order chi connectivity index (χ1) is 15.9. The normalized spacial score (nSPS) is 20.0. The Bertz CT molecular complexity index is 1260. The summed E-state index contributed by atoms with van der Waals surface area (Å²) in [6, 6.07) is 1.54. The minimum Gasteiger partial charge on any atom is -0.490 e. The highest BCUT2D eigenvalue weighted by Gasteiger charge is 2.46. The number of hydrogen-bond acceptors (Lipinski definition) is 8. The summed E-state index contributed by atoms with van der Waals surface area (Å²) in [5.41, 5.74) is -1.18. The molecule has 12 heteroatoms. The number of carbonyl (C=O) groups excluding carboxylic acids is 1. The fraction of sp³-hybridized carbons (Fsp3) is 0.429. The molecule has 0 saturated carbocycles. The Morgan fingerprint density at radius 1 is 1.24 bits per heavy atom. The number of fused-ring (bicyclic) bond motifs is 2. The quantitative estimate of drug-likeness (QED) is 0.576. The standard InChI is InChI=1S/C21H20F2N8O2/c1-13-15-10-25-9-14(8-24)17(15)33-7-6-30(13)19(32)21(23)2-4-29(5-3-21)20-27-12-26-18-16(22)11-28-31(18)20/h9-13H,2-7H2,1H3/t13-/m0/s1. The lowest BCUT2D eigenvalue weighted by atomic mass is 9.90. The Kier molecular flexibility index (Phi) is 5.03. The maximum Gasteiger partial charge on any atom is 0.261 e. The molecule has 1 fully saturated rings. The van der Waals surface area contributed by atoms with Gasteiger partial charge in [0.25, 0.3) is 5.91 Å². The van der Waals surface area contributed by atoms with E-state index in [1.54, 1.807) is 18.0 Å². The zero-order chi connectivity index (χ0) is 23.2. The van der Waals surface area contributed by atoms with Crippen LogP contribution in [0.4, 0.5) is 14.7 Å². The van der Waals surface area contributed by atoms with E-state index in [1.165, 1.54) is 21.9 Å². The summed E-state index contributed by atoms with van der Waals surface area (Å²) in [6.07, 6.45) is 5.11. The van der Waals surface area contributed by atoms with Crippen molar-refractivity contribution in [2.45, 2.75) is 31.5 Å². The number of rotatable bonds is 2. The van der Waals surface area contributed by atoms with Crippen LogP contribution < -0.4 is 9.64 Å². The lowest BCUT2D eigenvalue weighted by Gasteiger charge is -2.39. The number of halogens is 2. The Labute approximate surface area is 187 Å². The molecule has 1 amide bonds. The molecule has 5 heterocycles. The molecule has 2 aliphatic rings. The van der Waals surface area contributed by atoms with Gasteiger partial charge in [-0.2, -0.15) is 14.9 Å². The molecule has 33 heavy (non-hydrogen) atoms. The summed E-state index contributed by atoms with van der Waals surface area (Å²) in [5.74, 6) is -0.458. The van der Waals surface area contributed by atoms with Crippen LogP contribution in [0.3, 0.4) is 0 Å². The second kappa shape index (κ2) is 7.91. The van der Waals surface area contributed by atoms with Crippen molar-refractivity contribution >= 4 is 17.5 Å². The van der Waals surface area contributed by atoms with Gasteiger partial charge in [-0.25, -0.2) is 18.7 Å². The molecule has 2 aliphatic heterocycles. The van der Waals surface area contributed by atoms with Crippen molar-refractivity contribution in [3.05, 3.63) is 41.9 Å². The molecular weight excluding hydrogens is 434 g/mol. The number of hydrogen-bond donors (Lipinski definition) is 0. The van der Waals surface area contributed by atoms with Crippen LogP contribution in [0.2, 0.25) is 0 Å². The third-order valence-corrected chi connectivity index (χ3v) is 6.27. The summed E-state index contributed by atoms with van der Waals surface area (Å²) in [7, 11) is 0. The third-order valence-electron chi connectivity index (χ3n) is 6.27. The van der Waals surface area contributed by atoms with Crippen molar-refractivity contribution in [1.29, 1.82) is 5.26 Å². The van der Waals surface area contributed by atoms with Crippen molar-refractivity contribution in [2.75, 3.05) is 31.1 Å². The number of alkyl halides is 1. The summed E-state index contributed by atoms with van der Waals surface area (Å²) >= 11 is 0. The molecule has 3 aromatic heterocycles. The SMILES string of the molecule is C[C@H]1c2cncc(C#N)c2OCCN1C(=O)C1(F)CCN(c2ncnc3c(F)cnn23)CC1. The van der Waals surface area contributed by atoms with E-state index in [0.717, 1.165) is 6.20 Å². The first-order valence-electron chi connectivity index (χ1n) is 10.5. The monoisotopic (exact) mass is 454 g/mol. The number of piperidine rings is 1. The van der Waals surface area contributed by atoms with Gasteiger partial charge in [0, 0.05) is 43.9 Å². The van der Waals surface area contributed by atoms with E-state index in [9.17, 15) is 14.4 Å². The van der Waals surface area contributed by atoms with Crippen molar-refractivity contribution in [3.8, 4) is 11.8 Å². The predicted octanol–water partition coefficient (Wildman–Crippen LogP) is 1.82. The number of anilines is 1. The zero-order valence-corrected chi connectivity index (χ0v) is 17.8. The van der Waals surface area contributed by atoms with Gasteiger partial charge in [0.1, 0.15) is 30.3 Å². The van der Waals surface area contributed by atoms with Crippen LogP contribution in [-0.2, 0) is 4.79 Å². The highest BCUT2D eigenvalue weighted by molar-refractivity contribution is 5.86. The highest BCUT2D eigenvalue weighted by Crippen LogP contribution is 2.37. The average molecular weight is 454 g/mol. The maximum absolute atomic E-state index is 15.9. The van der Waals surface area contributed by atoms with Crippen molar-refractivity contribution < 1.29 is 18.3 Å². The van der Waals surface area contributed by atoms with E-state index in [-0.39, 0.29) is 50.3 Å². The summed E-state index contributed by atoms with van der Waals surface area (Å²) in [6.45, 7) is 2.51. The van der Waals surface area contributed by atoms with Gasteiger partial charge in [-0.3, -0.25) is 9.78 Å². The summed E-state index contributed by atoms with van der Waals surface area (Å²) < 4.78 is 36.7. The van der Waals surface area contributed by atoms with Crippen LogP contribution in [0.1, 0.15) is 36.9 Å². The second-order valence-corrected chi connectivity index (χ2v) is 8.09. The van der Waals surface area contributed by atoms with Gasteiger partial charge in [-0.05, 0) is 6.92 Å². The smallest absolute Gasteiger partial charge is 0.261 e. The molecule has 0 radical (unpaired) electrons. The minimum absolute atomic E-state index is 0.0376. The van der Waals surface area contributed by atoms with E-state index in [2.05, 4.69) is 20.1 Å². The number of nitrogens with zero attached hydrogens (tertiary/aromatic N) is 8. The molecule has 1 atom stereocenters. The fourth-order valence-electron chi connectivity index (χ4n) is 4.41. The van der Waals surface area contributed by atoms with E-state index in [0.29, 0.717) is 17.3 Å². The molecule has 0 spiro atoms. The first-order valence-corrected chi connectivity index (χ1v) is 10.5. The van der Waals surface area contributed by atoms with Crippen molar-refractivity contribution in [1.82, 2.24) is 29.5 Å². The molecule has 0 aromatic carbocycles. The molecule has 0 N–H and O–H groups in total. The fourth-order valence-corrected chi connectivity index (χ4v) is 4.41. The topological polar surface area (TPSA) is 113 Å². The van der Waals surface area contributed by atoms with E-state index < -0.39 is 23.4 Å². The average Bonchev–Trinajstić information content (AvgIpc) is 3.13. The lowest BCUT2D eigenvalue weighted by molar-refractivity contribution is -0.148. The van der Waals surface area contributed by atoms with Crippen molar-refractivity contribution in [2.24, 2.45) is 0 Å². The van der Waals surface area contributed by atoms with Crippen LogP contribution in [0, 0.1) is 17.1 Å². The van der Waals surface area contributed by atoms with Crippen LogP contribution >= 0.6 is 0 Å². The number of amides is 1. The minimum atomic E-state index is -2.07. The Morgan fingerprint density at radius 3 is 2.79 bits per heavy atom. The van der Waals surface area contributed by atoms with Crippen molar-refractivity contribution in [3.63, 3.8) is 0 Å². The summed E-state index contributed by atoms with van der Waals surface area (Å²) in [5, 5.41) is 13.3. The number of aromatic nitrogens is 5. The van der Waals surface area contributed by atoms with Crippen LogP contribution in [0.15, 0.2) is 24.9 Å². The van der Waals surface area contributed by atoms with Gasteiger partial charge in [-0.1, -0.05) is 0 Å². The number of carbonyl (C=O) groups is 1. The Morgan fingerprint density at radius 2 is 2.03 bits per heavy atom. The molecule has 170 valence electrons. The predicted molar refractivity (Wildman–Crippen MR) is 111 cm³/mol. The van der Waals surface area contributed by atoms with Gasteiger partial charge in [0.2, 0.25) is 5.95 Å². The second-order valence-electron chi connectivity index (χ2n) is 8.09. The van der Waals surface area contributed by atoms with Gasteiger partial charge >= 0.3 is 0 Å². The molecule has 10 nitrogen and oxygen atoms in total. The summed E-state index contributed by atoms with van der Waals surface area (Å²) in [4.78, 5) is 28.7. The van der Waals surface area contributed by atoms with E-state index >= 15 is 4.39 Å². The molecule has 0 unspecified atom stereocenters. The lowest BCUT2D eigenvalue weighted by Crippen LogP contribution is -2.53. The van der Waals surface area contributed by atoms with Gasteiger partial charge in [-0.15, -0.1) is 0 Å².